The first kappa shape index (κ1) is 96.1. The third-order valence-electron chi connectivity index (χ3n) is 18.5. The lowest BCUT2D eigenvalue weighted by Crippen LogP contribution is -2.30. The van der Waals surface area contributed by atoms with Gasteiger partial charge >= 0.3 is 39.5 Å². The standard InChI is InChI=1S/C79H154O17P2/c1-7-9-11-13-15-17-19-21-22-23-24-25-26-27-29-33-38-46-52-58-64-79(84)95-74(67-89-76(81)61-55-49-43-36-34-30-31-35-41-47-53-59-71(3)4)69-93-97(85,86)91-65-73(80)66-92-98(87,88)94-70-75(68-90-77(82)62-56-50-44-40-39-42-48-54-60-72(5)6)96-78(83)63-57-51-45-37-32-28-20-18-16-14-12-10-8-2/h71-75,80H,7-70H2,1-6H3,(H,85,86)(H,87,88)/t73-,74-,75-/m1/s1. The summed E-state index contributed by atoms with van der Waals surface area (Å²) in [5.74, 6) is -0.614. The van der Waals surface area contributed by atoms with E-state index in [2.05, 4.69) is 41.5 Å². The molecule has 98 heavy (non-hydrogen) atoms. The topological polar surface area (TPSA) is 237 Å². The first-order valence-corrected chi connectivity index (χ1v) is 44.0. The number of ether oxygens (including phenoxy) is 4. The lowest BCUT2D eigenvalue weighted by molar-refractivity contribution is -0.161. The van der Waals surface area contributed by atoms with Crippen LogP contribution in [0.1, 0.15) is 414 Å². The fraction of sp³-hybridized carbons (Fsp3) is 0.949. The molecular weight excluding hydrogens is 1280 g/mol. The van der Waals surface area contributed by atoms with Crippen molar-refractivity contribution in [1.82, 2.24) is 0 Å². The highest BCUT2D eigenvalue weighted by Gasteiger charge is 2.30. The van der Waals surface area contributed by atoms with Crippen LogP contribution in [-0.2, 0) is 65.4 Å². The molecule has 2 unspecified atom stereocenters. The van der Waals surface area contributed by atoms with Crippen LogP contribution in [0.15, 0.2) is 0 Å². The van der Waals surface area contributed by atoms with Gasteiger partial charge in [0.1, 0.15) is 19.3 Å². The zero-order valence-electron chi connectivity index (χ0n) is 64.1. The van der Waals surface area contributed by atoms with Crippen LogP contribution in [-0.4, -0.2) is 96.7 Å². The van der Waals surface area contributed by atoms with E-state index < -0.39 is 97.5 Å². The molecule has 582 valence electrons. The zero-order chi connectivity index (χ0) is 72.1. The molecule has 0 aliphatic heterocycles. The van der Waals surface area contributed by atoms with Gasteiger partial charge in [-0.1, -0.05) is 363 Å². The molecule has 17 nitrogen and oxygen atoms in total. The van der Waals surface area contributed by atoms with E-state index in [0.29, 0.717) is 25.7 Å². The summed E-state index contributed by atoms with van der Waals surface area (Å²) in [5, 5.41) is 10.6. The van der Waals surface area contributed by atoms with Crippen LogP contribution in [0, 0.1) is 11.8 Å². The molecule has 19 heteroatoms. The van der Waals surface area contributed by atoms with Crippen molar-refractivity contribution in [3.63, 3.8) is 0 Å². The van der Waals surface area contributed by atoms with E-state index >= 15 is 0 Å². The molecular formula is C79H154O17P2. The van der Waals surface area contributed by atoms with Gasteiger partial charge in [0, 0.05) is 25.7 Å². The SMILES string of the molecule is CCCCCCCCCCCCCCCCCCCCCCC(=O)O[C@H](COC(=O)CCCCCCCCCCCCCC(C)C)COP(=O)(O)OC[C@@H](O)COP(=O)(O)OC[C@@H](COC(=O)CCCCCCCCCCC(C)C)OC(=O)CCCCCCCCCCCCCCC. The molecule has 0 fully saturated rings. The van der Waals surface area contributed by atoms with Crippen molar-refractivity contribution in [2.24, 2.45) is 11.8 Å². The highest BCUT2D eigenvalue weighted by Crippen LogP contribution is 2.45. The quantitative estimate of drug-likeness (QED) is 0.0222. The Morgan fingerprint density at radius 2 is 0.469 bits per heavy atom. The Kier molecular flexibility index (Phi) is 69.3. The number of esters is 4. The van der Waals surface area contributed by atoms with Gasteiger partial charge in [-0.15, -0.1) is 0 Å². The Morgan fingerprint density at radius 1 is 0.276 bits per heavy atom. The van der Waals surface area contributed by atoms with E-state index in [1.165, 1.54) is 231 Å². The summed E-state index contributed by atoms with van der Waals surface area (Å²) in [6, 6.07) is 0. The maximum atomic E-state index is 13.1. The van der Waals surface area contributed by atoms with Crippen LogP contribution in [0.4, 0.5) is 0 Å². The second-order valence-corrected chi connectivity index (χ2v) is 32.3. The average molecular weight is 1440 g/mol. The minimum absolute atomic E-state index is 0.107. The molecule has 0 aromatic carbocycles. The number of aliphatic hydroxyl groups is 1. The average Bonchev–Trinajstić information content (AvgIpc) is 1.31. The summed E-state index contributed by atoms with van der Waals surface area (Å²) in [5.41, 5.74) is 0. The van der Waals surface area contributed by atoms with Crippen LogP contribution in [0.5, 0.6) is 0 Å². The number of carbonyl (C=O) groups is 4. The van der Waals surface area contributed by atoms with E-state index in [4.69, 9.17) is 37.0 Å². The Bertz CT molecular complexity index is 1890. The number of phosphoric acid groups is 2. The van der Waals surface area contributed by atoms with E-state index in [-0.39, 0.29) is 25.7 Å². The second-order valence-electron chi connectivity index (χ2n) is 29.4. The van der Waals surface area contributed by atoms with Crippen molar-refractivity contribution < 1.29 is 80.2 Å². The number of carbonyl (C=O) groups excluding carboxylic acids is 4. The molecule has 0 rings (SSSR count). The van der Waals surface area contributed by atoms with E-state index in [0.717, 1.165) is 102 Å². The first-order chi connectivity index (χ1) is 47.4. The van der Waals surface area contributed by atoms with Gasteiger partial charge in [-0.05, 0) is 37.5 Å². The molecule has 5 atom stereocenters. The Labute approximate surface area is 600 Å². The summed E-state index contributed by atoms with van der Waals surface area (Å²) in [7, 11) is -9.92. The van der Waals surface area contributed by atoms with Gasteiger partial charge in [-0.2, -0.15) is 0 Å². The van der Waals surface area contributed by atoms with Crippen LogP contribution in [0.25, 0.3) is 0 Å². The predicted molar refractivity (Wildman–Crippen MR) is 400 cm³/mol. The Hall–Kier alpha value is -1.94. The first-order valence-electron chi connectivity index (χ1n) is 41.0. The van der Waals surface area contributed by atoms with Crippen molar-refractivity contribution in [3.05, 3.63) is 0 Å². The normalized spacial score (nSPS) is 13.9. The summed E-state index contributed by atoms with van der Waals surface area (Å²) in [6.45, 7) is 9.59. The van der Waals surface area contributed by atoms with Gasteiger partial charge in [0.2, 0.25) is 0 Å². The lowest BCUT2D eigenvalue weighted by atomic mass is 10.0. The molecule has 0 bridgehead atoms. The van der Waals surface area contributed by atoms with E-state index in [9.17, 15) is 43.2 Å². The van der Waals surface area contributed by atoms with Crippen molar-refractivity contribution in [3.8, 4) is 0 Å². The summed E-state index contributed by atoms with van der Waals surface area (Å²) >= 11 is 0. The molecule has 0 spiro atoms. The summed E-state index contributed by atoms with van der Waals surface area (Å²) in [4.78, 5) is 72.9. The maximum Gasteiger partial charge on any atom is 0.472 e. The molecule has 0 aromatic rings. The van der Waals surface area contributed by atoms with Gasteiger partial charge in [-0.3, -0.25) is 37.3 Å². The molecule has 3 N–H and O–H groups in total. The van der Waals surface area contributed by atoms with Gasteiger partial charge in [0.25, 0.3) is 0 Å². The van der Waals surface area contributed by atoms with E-state index in [1.807, 2.05) is 0 Å². The van der Waals surface area contributed by atoms with E-state index in [1.54, 1.807) is 0 Å². The summed E-state index contributed by atoms with van der Waals surface area (Å²) < 4.78 is 68.6. The Morgan fingerprint density at radius 3 is 0.694 bits per heavy atom. The molecule has 0 heterocycles. The molecule has 0 aliphatic rings. The highest BCUT2D eigenvalue weighted by molar-refractivity contribution is 7.47. The molecule has 0 saturated heterocycles. The van der Waals surface area contributed by atoms with Gasteiger partial charge in [0.05, 0.1) is 26.4 Å². The zero-order valence-corrected chi connectivity index (χ0v) is 65.9. The van der Waals surface area contributed by atoms with Crippen molar-refractivity contribution in [2.75, 3.05) is 39.6 Å². The molecule has 0 saturated carbocycles. The third kappa shape index (κ3) is 72.4. The van der Waals surface area contributed by atoms with Crippen LogP contribution in [0.2, 0.25) is 0 Å². The third-order valence-corrected chi connectivity index (χ3v) is 20.4. The minimum Gasteiger partial charge on any atom is -0.462 e. The highest BCUT2D eigenvalue weighted by atomic mass is 31.2. The maximum absolute atomic E-state index is 13.1. The Balaban J connectivity index is 5.23. The monoisotopic (exact) mass is 1440 g/mol. The lowest BCUT2D eigenvalue weighted by Gasteiger charge is -2.21. The number of hydrogen-bond donors (Lipinski definition) is 3. The van der Waals surface area contributed by atoms with Crippen molar-refractivity contribution in [1.29, 1.82) is 0 Å². The number of phosphoric ester groups is 2. The minimum atomic E-state index is -4.96. The molecule has 0 aromatic heterocycles. The number of aliphatic hydroxyl groups excluding tert-OH is 1. The predicted octanol–water partition coefficient (Wildman–Crippen LogP) is 23.5. The summed E-state index contributed by atoms with van der Waals surface area (Å²) in [6.07, 6.45) is 59.7. The number of hydrogen-bond acceptors (Lipinski definition) is 15. The second kappa shape index (κ2) is 70.7. The van der Waals surface area contributed by atoms with Crippen LogP contribution in [0.3, 0.4) is 0 Å². The van der Waals surface area contributed by atoms with Crippen molar-refractivity contribution >= 4 is 39.5 Å². The molecule has 0 amide bonds. The van der Waals surface area contributed by atoms with Crippen LogP contribution < -0.4 is 0 Å². The van der Waals surface area contributed by atoms with Gasteiger partial charge in [-0.25, -0.2) is 9.13 Å². The van der Waals surface area contributed by atoms with Crippen LogP contribution >= 0.6 is 15.6 Å². The van der Waals surface area contributed by atoms with Gasteiger partial charge < -0.3 is 33.8 Å². The largest absolute Gasteiger partial charge is 0.472 e. The van der Waals surface area contributed by atoms with Crippen molar-refractivity contribution in [2.45, 2.75) is 432 Å². The fourth-order valence-corrected chi connectivity index (χ4v) is 13.8. The number of rotatable bonds is 78. The van der Waals surface area contributed by atoms with Gasteiger partial charge in [0.15, 0.2) is 12.2 Å². The smallest absolute Gasteiger partial charge is 0.462 e. The molecule has 0 aliphatic carbocycles. The number of unbranched alkanes of at least 4 members (excludes halogenated alkanes) is 48. The molecule has 0 radical (unpaired) electrons. The fourth-order valence-electron chi connectivity index (χ4n) is 12.2.